The molecule has 0 bridgehead atoms. The lowest BCUT2D eigenvalue weighted by Crippen LogP contribution is -2.26. The van der Waals surface area contributed by atoms with E-state index in [9.17, 15) is 13.6 Å². The number of ketones is 1. The smallest absolute Gasteiger partial charge is 0.387 e. The highest BCUT2D eigenvalue weighted by Crippen LogP contribution is 2.30. The molecule has 0 amide bonds. The summed E-state index contributed by atoms with van der Waals surface area (Å²) in [5.74, 6) is 0.203. The molecule has 1 heterocycles. The summed E-state index contributed by atoms with van der Waals surface area (Å²) in [4.78, 5) is 17.9. The van der Waals surface area contributed by atoms with E-state index in [0.717, 1.165) is 22.2 Å². The van der Waals surface area contributed by atoms with Crippen molar-refractivity contribution in [3.63, 3.8) is 0 Å². The second-order valence-corrected chi connectivity index (χ2v) is 6.63. The van der Waals surface area contributed by atoms with Gasteiger partial charge < -0.3 is 14.5 Å². The van der Waals surface area contributed by atoms with E-state index in [1.54, 1.807) is 19.2 Å². The normalized spacial score (nSPS) is 11.4. The predicted octanol–water partition coefficient (Wildman–Crippen LogP) is 4.40. The van der Waals surface area contributed by atoms with Gasteiger partial charge >= 0.3 is 6.61 Å². The molecule has 0 aliphatic rings. The van der Waals surface area contributed by atoms with Crippen LogP contribution < -0.4 is 9.47 Å². The number of hydrogen-bond acceptors (Lipinski definition) is 4. The van der Waals surface area contributed by atoms with Crippen LogP contribution in [0.15, 0.2) is 42.5 Å². The molecule has 0 unspecified atom stereocenters. The Balaban J connectivity index is 1.74. The highest BCUT2D eigenvalue weighted by molar-refractivity contribution is 6.10. The van der Waals surface area contributed by atoms with Crippen molar-refractivity contribution < 1.29 is 23.0 Å². The number of carbonyl (C=O) groups is 1. The van der Waals surface area contributed by atoms with Gasteiger partial charge in [-0.2, -0.15) is 8.78 Å². The first kappa shape index (κ1) is 19.8. The molecule has 7 heteroatoms. The number of aromatic nitrogens is 1. The van der Waals surface area contributed by atoms with E-state index < -0.39 is 6.61 Å². The molecule has 3 aromatic rings. The fourth-order valence-electron chi connectivity index (χ4n) is 3.34. The standard InChI is InChI=1S/C21H22F2N2O3/c1-13-20(15-6-4-5-7-16(15)24-13)17(26)12-25(2)11-14-8-9-18(27-3)19(10-14)28-21(22)23/h4-10,21,24H,11-12H2,1-3H3. The number of ether oxygens (including phenoxy) is 2. The van der Waals surface area contributed by atoms with E-state index in [1.807, 2.05) is 36.1 Å². The Bertz CT molecular complexity index is 985. The maximum absolute atomic E-state index is 12.8. The summed E-state index contributed by atoms with van der Waals surface area (Å²) in [5.41, 5.74) is 3.17. The summed E-state index contributed by atoms with van der Waals surface area (Å²) in [5, 5.41) is 0.899. The lowest BCUT2D eigenvalue weighted by atomic mass is 10.1. The number of carbonyl (C=O) groups excluding carboxylic acids is 1. The van der Waals surface area contributed by atoms with Crippen molar-refractivity contribution in [1.29, 1.82) is 0 Å². The van der Waals surface area contributed by atoms with Gasteiger partial charge in [0.15, 0.2) is 17.3 Å². The Labute approximate surface area is 161 Å². The topological polar surface area (TPSA) is 54.6 Å². The van der Waals surface area contributed by atoms with Gasteiger partial charge in [-0.25, -0.2) is 0 Å². The van der Waals surface area contributed by atoms with Crippen LogP contribution in [0.25, 0.3) is 10.9 Å². The summed E-state index contributed by atoms with van der Waals surface area (Å²) < 4.78 is 34.7. The second-order valence-electron chi connectivity index (χ2n) is 6.63. The zero-order chi connectivity index (χ0) is 20.3. The third kappa shape index (κ3) is 4.31. The third-order valence-corrected chi connectivity index (χ3v) is 4.48. The minimum absolute atomic E-state index is 0.00462. The lowest BCUT2D eigenvalue weighted by Gasteiger charge is -2.17. The number of aryl methyl sites for hydroxylation is 1. The summed E-state index contributed by atoms with van der Waals surface area (Å²) in [6, 6.07) is 12.5. The van der Waals surface area contributed by atoms with Crippen LogP contribution in [0.3, 0.4) is 0 Å². The minimum atomic E-state index is -2.94. The van der Waals surface area contributed by atoms with Gasteiger partial charge in [-0.15, -0.1) is 0 Å². The number of H-pyrrole nitrogens is 1. The summed E-state index contributed by atoms with van der Waals surface area (Å²) in [6.07, 6.45) is 0. The average molecular weight is 388 g/mol. The Kier molecular flexibility index (Phi) is 5.94. The van der Waals surface area contributed by atoms with E-state index in [2.05, 4.69) is 9.72 Å². The van der Waals surface area contributed by atoms with E-state index in [4.69, 9.17) is 4.74 Å². The van der Waals surface area contributed by atoms with Gasteiger partial charge in [0.05, 0.1) is 13.7 Å². The molecule has 148 valence electrons. The number of aromatic amines is 1. The Morgan fingerprint density at radius 2 is 1.93 bits per heavy atom. The maximum Gasteiger partial charge on any atom is 0.387 e. The van der Waals surface area contributed by atoms with E-state index in [1.165, 1.54) is 13.2 Å². The number of benzene rings is 2. The SMILES string of the molecule is COc1ccc(CN(C)CC(=O)c2c(C)[nH]c3ccccc23)cc1OC(F)F. The number of methoxy groups -OCH3 is 1. The number of halogens is 2. The van der Waals surface area contributed by atoms with E-state index >= 15 is 0 Å². The molecule has 3 rings (SSSR count). The number of fused-ring (bicyclic) bond motifs is 1. The zero-order valence-electron chi connectivity index (χ0n) is 16.0. The van der Waals surface area contributed by atoms with E-state index in [-0.39, 0.29) is 23.8 Å². The zero-order valence-corrected chi connectivity index (χ0v) is 16.0. The van der Waals surface area contributed by atoms with Crippen LogP contribution in [0, 0.1) is 6.92 Å². The molecular weight excluding hydrogens is 366 g/mol. The fraction of sp³-hybridized carbons (Fsp3) is 0.286. The van der Waals surface area contributed by atoms with Gasteiger partial charge in [0.2, 0.25) is 0 Å². The van der Waals surface area contributed by atoms with Gasteiger partial charge in [0.1, 0.15) is 0 Å². The van der Waals surface area contributed by atoms with Crippen molar-refractivity contribution in [2.24, 2.45) is 0 Å². The summed E-state index contributed by atoms with van der Waals surface area (Å²) in [6.45, 7) is -0.463. The average Bonchev–Trinajstić information content (AvgIpc) is 2.97. The molecule has 1 aromatic heterocycles. The van der Waals surface area contributed by atoms with Crippen LogP contribution in [0.2, 0.25) is 0 Å². The highest BCUT2D eigenvalue weighted by atomic mass is 19.3. The van der Waals surface area contributed by atoms with Crippen molar-refractivity contribution in [3.8, 4) is 11.5 Å². The molecule has 0 fully saturated rings. The summed E-state index contributed by atoms with van der Waals surface area (Å²) >= 11 is 0. The van der Waals surface area contributed by atoms with Crippen LogP contribution >= 0.6 is 0 Å². The van der Waals surface area contributed by atoms with Gasteiger partial charge in [-0.1, -0.05) is 24.3 Å². The van der Waals surface area contributed by atoms with E-state index in [0.29, 0.717) is 12.1 Å². The highest BCUT2D eigenvalue weighted by Gasteiger charge is 2.18. The number of para-hydroxylation sites is 1. The Morgan fingerprint density at radius 1 is 1.18 bits per heavy atom. The van der Waals surface area contributed by atoms with Crippen LogP contribution in [0.5, 0.6) is 11.5 Å². The molecule has 0 saturated carbocycles. The van der Waals surface area contributed by atoms with Crippen LogP contribution in [-0.2, 0) is 6.54 Å². The maximum atomic E-state index is 12.8. The van der Waals surface area contributed by atoms with Crippen LogP contribution in [0.4, 0.5) is 8.78 Å². The number of nitrogens with one attached hydrogen (secondary N) is 1. The van der Waals surface area contributed by atoms with Crippen molar-refractivity contribution in [1.82, 2.24) is 9.88 Å². The first-order chi connectivity index (χ1) is 13.4. The van der Waals surface area contributed by atoms with Crippen molar-refractivity contribution in [2.75, 3.05) is 20.7 Å². The minimum Gasteiger partial charge on any atom is -0.493 e. The Morgan fingerprint density at radius 3 is 2.64 bits per heavy atom. The first-order valence-electron chi connectivity index (χ1n) is 8.79. The molecule has 0 aliphatic heterocycles. The fourth-order valence-corrected chi connectivity index (χ4v) is 3.34. The van der Waals surface area contributed by atoms with Gasteiger partial charge in [0.25, 0.3) is 0 Å². The Hall–Kier alpha value is -2.93. The molecular formula is C21H22F2N2O3. The molecule has 0 radical (unpaired) electrons. The quantitative estimate of drug-likeness (QED) is 0.581. The number of rotatable bonds is 8. The molecule has 5 nitrogen and oxygen atoms in total. The third-order valence-electron chi connectivity index (χ3n) is 4.48. The molecule has 0 spiro atoms. The van der Waals surface area contributed by atoms with Crippen LogP contribution in [-0.4, -0.2) is 43.0 Å². The van der Waals surface area contributed by atoms with Gasteiger partial charge in [0, 0.05) is 28.7 Å². The molecule has 0 atom stereocenters. The molecule has 0 aliphatic carbocycles. The molecule has 0 saturated heterocycles. The molecule has 28 heavy (non-hydrogen) atoms. The van der Waals surface area contributed by atoms with Crippen LogP contribution in [0.1, 0.15) is 21.6 Å². The number of alkyl halides is 2. The van der Waals surface area contributed by atoms with Crippen molar-refractivity contribution in [3.05, 3.63) is 59.3 Å². The second kappa shape index (κ2) is 8.39. The van der Waals surface area contributed by atoms with Crippen molar-refractivity contribution >= 4 is 16.7 Å². The number of Topliss-reactive ketones (excluding diaryl/α,β-unsaturated/α-hetero) is 1. The molecule has 1 N–H and O–H groups in total. The monoisotopic (exact) mass is 388 g/mol. The predicted molar refractivity (Wildman–Crippen MR) is 103 cm³/mol. The number of hydrogen-bond donors (Lipinski definition) is 1. The first-order valence-corrected chi connectivity index (χ1v) is 8.79. The molecule has 2 aromatic carbocycles. The van der Waals surface area contributed by atoms with Gasteiger partial charge in [-0.3, -0.25) is 9.69 Å². The van der Waals surface area contributed by atoms with Gasteiger partial charge in [-0.05, 0) is 37.7 Å². The van der Waals surface area contributed by atoms with Crippen molar-refractivity contribution in [2.45, 2.75) is 20.1 Å². The number of likely N-dealkylation sites (N-methyl/N-ethyl adjacent to an activating group) is 1. The lowest BCUT2D eigenvalue weighted by molar-refractivity contribution is -0.0512. The number of nitrogens with zero attached hydrogens (tertiary/aromatic N) is 1. The summed E-state index contributed by atoms with van der Waals surface area (Å²) in [7, 11) is 3.20. The largest absolute Gasteiger partial charge is 0.493 e.